The van der Waals surface area contributed by atoms with E-state index >= 15 is 0 Å². The molecule has 3 aromatic heterocycles. The molecule has 4 heterocycles. The van der Waals surface area contributed by atoms with Gasteiger partial charge in [-0.2, -0.15) is 0 Å². The number of rotatable bonds is 8. The van der Waals surface area contributed by atoms with Crippen LogP contribution in [0.1, 0.15) is 43.5 Å². The summed E-state index contributed by atoms with van der Waals surface area (Å²) in [5.41, 5.74) is 3.40. The second-order valence-electron chi connectivity index (χ2n) is 10.6. The van der Waals surface area contributed by atoms with E-state index in [1.54, 1.807) is 59.9 Å². The van der Waals surface area contributed by atoms with E-state index in [-0.39, 0.29) is 17.4 Å². The number of pyridine rings is 1. The van der Waals surface area contributed by atoms with Crippen molar-refractivity contribution in [3.05, 3.63) is 82.0 Å². The number of nitrogens with zero attached hydrogens (tertiary/aromatic N) is 5. The SMILES string of the molecule is CCN1C(=O)C(C)(C)C(=O)N(C)c2cc(CNCc3nccnc3CCn3ccc4oc(C)cc4c3=O)ccc21. The normalized spacial score (nSPS) is 15.0. The number of furan rings is 1. The van der Waals surface area contributed by atoms with Gasteiger partial charge in [0, 0.05) is 58.2 Å². The zero-order chi connectivity index (χ0) is 28.6. The van der Waals surface area contributed by atoms with Crippen molar-refractivity contribution < 1.29 is 14.0 Å². The molecule has 208 valence electrons. The summed E-state index contributed by atoms with van der Waals surface area (Å²) in [5.74, 6) is 0.277. The Kier molecular flexibility index (Phi) is 7.29. The Hall–Kier alpha value is -4.31. The molecule has 10 nitrogen and oxygen atoms in total. The zero-order valence-corrected chi connectivity index (χ0v) is 23.5. The smallest absolute Gasteiger partial charge is 0.261 e. The number of nitrogens with one attached hydrogen (secondary N) is 1. The largest absolute Gasteiger partial charge is 0.461 e. The molecule has 0 atom stereocenters. The number of hydrogen-bond acceptors (Lipinski definition) is 7. The van der Waals surface area contributed by atoms with E-state index in [0.29, 0.717) is 55.0 Å². The van der Waals surface area contributed by atoms with Crippen molar-refractivity contribution in [3.63, 3.8) is 0 Å². The third kappa shape index (κ3) is 4.90. The van der Waals surface area contributed by atoms with Crippen molar-refractivity contribution in [2.75, 3.05) is 23.4 Å². The molecule has 0 spiro atoms. The number of aromatic nitrogens is 3. The van der Waals surface area contributed by atoms with Crippen LogP contribution in [0.15, 0.2) is 58.1 Å². The summed E-state index contributed by atoms with van der Waals surface area (Å²) >= 11 is 0. The van der Waals surface area contributed by atoms with Crippen molar-refractivity contribution in [3.8, 4) is 0 Å². The summed E-state index contributed by atoms with van der Waals surface area (Å²) in [6.45, 7) is 9.06. The Morgan fingerprint density at radius 2 is 1.70 bits per heavy atom. The number of fused-ring (bicyclic) bond motifs is 2. The summed E-state index contributed by atoms with van der Waals surface area (Å²) in [6.07, 6.45) is 5.62. The molecule has 0 radical (unpaired) electrons. The Labute approximate surface area is 232 Å². The third-order valence-electron chi connectivity index (χ3n) is 7.48. The average Bonchev–Trinajstić information content (AvgIpc) is 3.32. The number of hydrogen-bond donors (Lipinski definition) is 1. The lowest BCUT2D eigenvalue weighted by Crippen LogP contribution is -2.47. The number of aryl methyl sites for hydroxylation is 3. The van der Waals surface area contributed by atoms with Crippen molar-refractivity contribution in [2.45, 2.75) is 53.8 Å². The average molecular weight is 543 g/mol. The molecule has 0 fully saturated rings. The lowest BCUT2D eigenvalue weighted by Gasteiger charge is -2.27. The van der Waals surface area contributed by atoms with Crippen molar-refractivity contribution in [1.82, 2.24) is 19.9 Å². The highest BCUT2D eigenvalue weighted by Gasteiger charge is 2.45. The highest BCUT2D eigenvalue weighted by atomic mass is 16.3. The van der Waals surface area contributed by atoms with E-state index < -0.39 is 5.41 Å². The molecule has 10 heteroatoms. The molecule has 1 aliphatic heterocycles. The number of carbonyl (C=O) groups is 2. The molecule has 0 unspecified atom stereocenters. The monoisotopic (exact) mass is 542 g/mol. The van der Waals surface area contributed by atoms with Gasteiger partial charge in [-0.05, 0) is 57.5 Å². The zero-order valence-electron chi connectivity index (χ0n) is 23.5. The summed E-state index contributed by atoms with van der Waals surface area (Å²) in [6, 6.07) is 9.40. The first-order valence-electron chi connectivity index (χ1n) is 13.4. The summed E-state index contributed by atoms with van der Waals surface area (Å²) < 4.78 is 7.23. The number of benzene rings is 1. The van der Waals surface area contributed by atoms with E-state index in [0.717, 1.165) is 22.6 Å². The van der Waals surface area contributed by atoms with Crippen molar-refractivity contribution in [2.24, 2.45) is 5.41 Å². The second-order valence-corrected chi connectivity index (χ2v) is 10.6. The third-order valence-corrected chi connectivity index (χ3v) is 7.48. The maximum Gasteiger partial charge on any atom is 0.261 e. The van der Waals surface area contributed by atoms with Gasteiger partial charge in [0.2, 0.25) is 11.8 Å². The molecule has 4 aromatic rings. The lowest BCUT2D eigenvalue weighted by atomic mass is 9.90. The van der Waals surface area contributed by atoms with Gasteiger partial charge in [0.1, 0.15) is 16.8 Å². The molecular weight excluding hydrogens is 508 g/mol. The van der Waals surface area contributed by atoms with Crippen LogP contribution in [-0.4, -0.2) is 39.9 Å². The quantitative estimate of drug-likeness (QED) is 0.339. The van der Waals surface area contributed by atoms with Gasteiger partial charge < -0.3 is 24.1 Å². The van der Waals surface area contributed by atoms with Crippen LogP contribution in [0.4, 0.5) is 11.4 Å². The van der Waals surface area contributed by atoms with Crippen LogP contribution in [0.25, 0.3) is 11.0 Å². The molecule has 0 saturated carbocycles. The van der Waals surface area contributed by atoms with Crippen LogP contribution in [0, 0.1) is 12.3 Å². The van der Waals surface area contributed by atoms with Crippen LogP contribution in [0.3, 0.4) is 0 Å². The predicted octanol–water partition coefficient (Wildman–Crippen LogP) is 3.58. The molecular formula is C30H34N6O4. The molecule has 1 aromatic carbocycles. The topological polar surface area (TPSA) is 114 Å². The summed E-state index contributed by atoms with van der Waals surface area (Å²) in [7, 11) is 1.72. The van der Waals surface area contributed by atoms with Crippen LogP contribution in [0.5, 0.6) is 0 Å². The Morgan fingerprint density at radius 3 is 2.45 bits per heavy atom. The molecule has 5 rings (SSSR count). The van der Waals surface area contributed by atoms with Gasteiger partial charge in [-0.1, -0.05) is 6.07 Å². The van der Waals surface area contributed by atoms with Crippen molar-refractivity contribution >= 4 is 34.2 Å². The first-order valence-corrected chi connectivity index (χ1v) is 13.4. The van der Waals surface area contributed by atoms with Gasteiger partial charge in [-0.3, -0.25) is 24.4 Å². The fraction of sp³-hybridized carbons (Fsp3) is 0.367. The predicted molar refractivity (Wildman–Crippen MR) is 153 cm³/mol. The fourth-order valence-electron chi connectivity index (χ4n) is 5.24. The lowest BCUT2D eigenvalue weighted by molar-refractivity contribution is -0.137. The maximum absolute atomic E-state index is 13.1. The fourth-order valence-corrected chi connectivity index (χ4v) is 5.24. The molecule has 2 amide bonds. The highest BCUT2D eigenvalue weighted by molar-refractivity contribution is 6.19. The van der Waals surface area contributed by atoms with Gasteiger partial charge in [0.05, 0.1) is 28.1 Å². The van der Waals surface area contributed by atoms with Gasteiger partial charge in [0.25, 0.3) is 5.56 Å². The number of carbonyl (C=O) groups excluding carboxylic acids is 2. The first kappa shape index (κ1) is 27.3. The minimum absolute atomic E-state index is 0.0868. The van der Waals surface area contributed by atoms with Crippen LogP contribution in [-0.2, 0) is 35.6 Å². The maximum atomic E-state index is 13.1. The molecule has 0 bridgehead atoms. The van der Waals surface area contributed by atoms with E-state index in [1.807, 2.05) is 38.1 Å². The second kappa shape index (κ2) is 10.7. The first-order chi connectivity index (χ1) is 19.1. The van der Waals surface area contributed by atoms with Gasteiger partial charge in [-0.15, -0.1) is 0 Å². The molecule has 0 aliphatic carbocycles. The molecule has 0 saturated heterocycles. The number of anilines is 2. The molecule has 40 heavy (non-hydrogen) atoms. The Balaban J connectivity index is 1.28. The molecule has 1 N–H and O–H groups in total. The van der Waals surface area contributed by atoms with Crippen LogP contribution in [0.2, 0.25) is 0 Å². The standard InChI is InChI=1S/C30H34N6O4/c1-6-36-24-8-7-20(16-25(24)34(5)28(38)30(3,4)29(36)39)17-31-18-23-22(32-11-12-33-23)9-13-35-14-10-26-21(27(35)37)15-19(2)40-26/h7-8,10-12,14-16,31H,6,9,13,17-18H2,1-5H3. The highest BCUT2D eigenvalue weighted by Crippen LogP contribution is 2.38. The summed E-state index contributed by atoms with van der Waals surface area (Å²) in [5, 5.41) is 4.00. The Bertz CT molecular complexity index is 1650. The minimum atomic E-state index is -1.14. The summed E-state index contributed by atoms with van der Waals surface area (Å²) in [4.78, 5) is 51.4. The van der Waals surface area contributed by atoms with Crippen LogP contribution >= 0.6 is 0 Å². The van der Waals surface area contributed by atoms with E-state index in [9.17, 15) is 14.4 Å². The van der Waals surface area contributed by atoms with Gasteiger partial charge in [-0.25, -0.2) is 0 Å². The number of amides is 2. The molecule has 1 aliphatic rings. The van der Waals surface area contributed by atoms with E-state index in [4.69, 9.17) is 4.42 Å². The van der Waals surface area contributed by atoms with Crippen LogP contribution < -0.4 is 20.7 Å². The minimum Gasteiger partial charge on any atom is -0.461 e. The van der Waals surface area contributed by atoms with Gasteiger partial charge in [0.15, 0.2) is 0 Å². The van der Waals surface area contributed by atoms with E-state index in [1.165, 1.54) is 0 Å². The van der Waals surface area contributed by atoms with Crippen molar-refractivity contribution in [1.29, 1.82) is 0 Å². The Morgan fingerprint density at radius 1 is 0.950 bits per heavy atom. The van der Waals surface area contributed by atoms with Gasteiger partial charge >= 0.3 is 0 Å². The van der Waals surface area contributed by atoms with E-state index in [2.05, 4.69) is 15.3 Å².